The molecule has 0 amide bonds. The third-order valence-corrected chi connectivity index (χ3v) is 4.99. The number of hydrogen-bond acceptors (Lipinski definition) is 2. The number of halogens is 1. The number of nitrogens with zero attached hydrogens (tertiary/aromatic N) is 1. The number of rotatable bonds is 3. The van der Waals surface area contributed by atoms with Crippen LogP contribution < -0.4 is 21.5 Å². The standard InChI is InChI=1S/C11H13NOS2.BrH/c1-9-10(2)14-8-12(9)7-11(13)15-5-3-4-6-15;/h3-6,8H,7H2,1-2H3;1H/q+2;/p-1. The SMILES string of the molecule is Cc1sc[n+](CC(=O)[s+]2cccc2)c1C.[Br-]. The molecule has 0 aliphatic heterocycles. The summed E-state index contributed by atoms with van der Waals surface area (Å²) in [5.74, 6) is 0. The molecular formula is C11H13BrNOS2+. The zero-order valence-electron chi connectivity index (χ0n) is 9.14. The van der Waals surface area contributed by atoms with Crippen LogP contribution in [0.3, 0.4) is 0 Å². The van der Waals surface area contributed by atoms with Crippen molar-refractivity contribution >= 4 is 26.9 Å². The van der Waals surface area contributed by atoms with Crippen LogP contribution in [0.15, 0.2) is 28.4 Å². The topological polar surface area (TPSA) is 20.9 Å². The Morgan fingerprint density at radius 3 is 2.50 bits per heavy atom. The van der Waals surface area contributed by atoms with Gasteiger partial charge in [0.25, 0.3) is 6.54 Å². The van der Waals surface area contributed by atoms with E-state index < -0.39 is 0 Å². The van der Waals surface area contributed by atoms with Crippen LogP contribution in [-0.4, -0.2) is 5.12 Å². The Balaban J connectivity index is 0.00000128. The summed E-state index contributed by atoms with van der Waals surface area (Å²) in [5, 5.41) is 4.22. The lowest BCUT2D eigenvalue weighted by molar-refractivity contribution is -0.684. The Bertz CT molecular complexity index is 476. The van der Waals surface area contributed by atoms with E-state index >= 15 is 0 Å². The van der Waals surface area contributed by atoms with Gasteiger partial charge in [0.2, 0.25) is 5.51 Å². The van der Waals surface area contributed by atoms with E-state index in [-0.39, 0.29) is 32.6 Å². The third kappa shape index (κ3) is 2.78. The van der Waals surface area contributed by atoms with Gasteiger partial charge in [-0.05, 0) is 19.1 Å². The predicted molar refractivity (Wildman–Crippen MR) is 63.5 cm³/mol. The summed E-state index contributed by atoms with van der Waals surface area (Å²) in [6.45, 7) is 4.63. The zero-order chi connectivity index (χ0) is 10.8. The van der Waals surface area contributed by atoms with E-state index in [9.17, 15) is 4.79 Å². The van der Waals surface area contributed by atoms with Gasteiger partial charge < -0.3 is 17.0 Å². The molecule has 2 rings (SSSR count). The summed E-state index contributed by atoms with van der Waals surface area (Å²) in [4.78, 5) is 13.2. The second-order valence-corrected chi connectivity index (χ2v) is 6.20. The maximum atomic E-state index is 11.9. The van der Waals surface area contributed by atoms with E-state index in [0.29, 0.717) is 6.54 Å². The van der Waals surface area contributed by atoms with Gasteiger partial charge in [-0.1, -0.05) is 11.3 Å². The first kappa shape index (κ1) is 13.5. The molecule has 0 unspecified atom stereocenters. The molecule has 0 N–H and O–H groups in total. The van der Waals surface area contributed by atoms with Crippen molar-refractivity contribution in [3.8, 4) is 0 Å². The average Bonchev–Trinajstić information content (AvgIpc) is 2.83. The summed E-state index contributed by atoms with van der Waals surface area (Å²) in [5.41, 5.74) is 3.22. The van der Waals surface area contributed by atoms with Crippen LogP contribution in [0, 0.1) is 13.8 Å². The molecule has 5 heteroatoms. The maximum Gasteiger partial charge on any atom is 0.419 e. The van der Waals surface area contributed by atoms with E-state index in [1.165, 1.54) is 10.6 Å². The van der Waals surface area contributed by atoms with Crippen LogP contribution in [0.5, 0.6) is 0 Å². The molecule has 0 aromatic carbocycles. The van der Waals surface area contributed by atoms with Gasteiger partial charge >= 0.3 is 5.12 Å². The van der Waals surface area contributed by atoms with Crippen molar-refractivity contribution < 1.29 is 26.3 Å². The van der Waals surface area contributed by atoms with Crippen LogP contribution in [0.2, 0.25) is 0 Å². The number of aromatic nitrogens is 1. The Morgan fingerprint density at radius 2 is 2.00 bits per heavy atom. The van der Waals surface area contributed by atoms with Crippen LogP contribution in [0.1, 0.15) is 15.4 Å². The third-order valence-electron chi connectivity index (χ3n) is 2.42. The molecule has 0 bridgehead atoms. The average molecular weight is 319 g/mol. The van der Waals surface area contributed by atoms with Gasteiger partial charge in [-0.2, -0.15) is 4.57 Å². The number of aryl methyl sites for hydroxylation is 1. The summed E-state index contributed by atoms with van der Waals surface area (Å²) < 4.78 is 2.04. The molecule has 2 aromatic rings. The molecule has 0 fully saturated rings. The second kappa shape index (κ2) is 5.70. The molecule has 2 aromatic heterocycles. The normalized spacial score (nSPS) is 9.88. The van der Waals surface area contributed by atoms with Crippen molar-refractivity contribution in [2.75, 3.05) is 0 Å². The molecule has 86 valence electrons. The number of carbonyl (C=O) groups excluding carboxylic acids is 1. The van der Waals surface area contributed by atoms with E-state index in [4.69, 9.17) is 0 Å². The van der Waals surface area contributed by atoms with Crippen molar-refractivity contribution in [1.29, 1.82) is 0 Å². The highest BCUT2D eigenvalue weighted by Crippen LogP contribution is 2.18. The van der Waals surface area contributed by atoms with Crippen LogP contribution in [-0.2, 0) is 6.54 Å². The summed E-state index contributed by atoms with van der Waals surface area (Å²) in [6, 6.07) is 3.88. The molecular weight excluding hydrogens is 306 g/mol. The van der Waals surface area contributed by atoms with Crippen molar-refractivity contribution in [2.45, 2.75) is 20.4 Å². The summed E-state index contributed by atoms with van der Waals surface area (Å²) >= 11 is 1.69. The number of hydrogen-bond donors (Lipinski definition) is 0. The minimum absolute atomic E-state index is 0. The lowest BCUT2D eigenvalue weighted by Gasteiger charge is -1.88. The first-order chi connectivity index (χ1) is 7.18. The van der Waals surface area contributed by atoms with Crippen LogP contribution in [0.25, 0.3) is 0 Å². The van der Waals surface area contributed by atoms with Gasteiger partial charge in [0.15, 0.2) is 5.69 Å². The highest BCUT2D eigenvalue weighted by Gasteiger charge is 2.23. The van der Waals surface area contributed by atoms with E-state index in [2.05, 4.69) is 13.8 Å². The minimum Gasteiger partial charge on any atom is -1.00 e. The van der Waals surface area contributed by atoms with Crippen LogP contribution >= 0.6 is 21.8 Å². The molecule has 16 heavy (non-hydrogen) atoms. The predicted octanol–water partition coefficient (Wildman–Crippen LogP) is -0.254. The second-order valence-electron chi connectivity index (χ2n) is 3.39. The van der Waals surface area contributed by atoms with Gasteiger partial charge in [0.1, 0.15) is 10.8 Å². The molecule has 0 saturated carbocycles. The lowest BCUT2D eigenvalue weighted by atomic mass is 10.4. The Hall–Kier alpha value is -0.520. The monoisotopic (exact) mass is 318 g/mol. The summed E-state index contributed by atoms with van der Waals surface area (Å²) in [6.07, 6.45) is 0. The highest BCUT2D eigenvalue weighted by atomic mass is 79.9. The van der Waals surface area contributed by atoms with E-state index in [0.717, 1.165) is 0 Å². The largest absolute Gasteiger partial charge is 1.00 e. The fourth-order valence-corrected chi connectivity index (χ4v) is 3.34. The fraction of sp³-hybridized carbons (Fsp3) is 0.273. The fourth-order valence-electron chi connectivity index (χ4n) is 1.34. The molecule has 0 atom stereocenters. The first-order valence-electron chi connectivity index (χ1n) is 4.72. The minimum atomic E-state index is -0.288. The van der Waals surface area contributed by atoms with Crippen LogP contribution in [0.4, 0.5) is 0 Å². The van der Waals surface area contributed by atoms with Gasteiger partial charge in [0.05, 0.1) is 15.3 Å². The molecule has 0 aliphatic carbocycles. The van der Waals surface area contributed by atoms with Gasteiger partial charge in [-0.15, -0.1) is 0 Å². The zero-order valence-corrected chi connectivity index (χ0v) is 12.4. The van der Waals surface area contributed by atoms with E-state index in [1.54, 1.807) is 11.3 Å². The van der Waals surface area contributed by atoms with Gasteiger partial charge in [-0.25, -0.2) is 4.79 Å². The van der Waals surface area contributed by atoms with Gasteiger partial charge in [-0.3, -0.25) is 0 Å². The smallest absolute Gasteiger partial charge is 0.419 e. The number of carbonyl (C=O) groups is 1. The van der Waals surface area contributed by atoms with Gasteiger partial charge in [0, 0.05) is 6.92 Å². The number of thiazole rings is 1. The maximum absolute atomic E-state index is 11.9. The van der Waals surface area contributed by atoms with Crippen molar-refractivity contribution in [2.24, 2.45) is 0 Å². The Morgan fingerprint density at radius 1 is 1.38 bits per heavy atom. The quantitative estimate of drug-likeness (QED) is 0.564. The highest BCUT2D eigenvalue weighted by molar-refractivity contribution is 7.49. The molecule has 2 nitrogen and oxygen atoms in total. The molecule has 0 aliphatic rings. The molecule has 0 radical (unpaired) electrons. The Kier molecular flexibility index (Phi) is 4.83. The molecule has 0 saturated heterocycles. The van der Waals surface area contributed by atoms with Crippen molar-refractivity contribution in [1.82, 2.24) is 0 Å². The lowest BCUT2D eigenvalue weighted by Crippen LogP contribution is -3.00. The Labute approximate surface area is 112 Å². The first-order valence-corrected chi connectivity index (χ1v) is 6.95. The molecule has 0 spiro atoms. The molecule has 2 heterocycles. The van der Waals surface area contributed by atoms with Crippen molar-refractivity contribution in [3.63, 3.8) is 0 Å². The number of thiophene rings is 1. The van der Waals surface area contributed by atoms with Crippen molar-refractivity contribution in [3.05, 3.63) is 39.0 Å². The summed E-state index contributed by atoms with van der Waals surface area (Å²) in [7, 11) is -0.288. The van der Waals surface area contributed by atoms with E-state index in [1.807, 2.05) is 33.0 Å².